The number of aromatic nitrogens is 4. The third kappa shape index (κ3) is 5.31. The Morgan fingerprint density at radius 3 is 2.81 bits per heavy atom. The lowest BCUT2D eigenvalue weighted by Gasteiger charge is -2.10. The summed E-state index contributed by atoms with van der Waals surface area (Å²) >= 11 is 3.02. The predicted octanol–water partition coefficient (Wildman–Crippen LogP) is 4.51. The van der Waals surface area contributed by atoms with Crippen LogP contribution in [0.4, 0.5) is 5.69 Å². The average Bonchev–Trinajstić information content (AvgIpc) is 3.43. The molecule has 0 aliphatic carbocycles. The van der Waals surface area contributed by atoms with Gasteiger partial charge in [0.1, 0.15) is 17.1 Å². The summed E-state index contributed by atoms with van der Waals surface area (Å²) in [5.41, 5.74) is 3.73. The van der Waals surface area contributed by atoms with Gasteiger partial charge in [-0.1, -0.05) is 41.6 Å². The molecule has 0 atom stereocenters. The van der Waals surface area contributed by atoms with Gasteiger partial charge in [-0.05, 0) is 31.2 Å². The molecule has 0 unspecified atom stereocenters. The standard InChI is InChI=1S/C22H21N5O2S2/c1-15-7-9-16(10-8-15)24-20(28)11-21-25-17(12-30-21)13-31-22-26-23-14-27(22)18-5-3-4-6-19(18)29-2/h3-10,12,14H,11,13H2,1-2H3,(H,24,28). The molecule has 4 rings (SSSR count). The number of hydrogen-bond acceptors (Lipinski definition) is 7. The van der Waals surface area contributed by atoms with Gasteiger partial charge < -0.3 is 10.1 Å². The molecule has 0 spiro atoms. The number of nitrogens with one attached hydrogen (secondary N) is 1. The van der Waals surface area contributed by atoms with E-state index in [0.29, 0.717) is 5.75 Å². The van der Waals surface area contributed by atoms with E-state index in [1.165, 1.54) is 23.1 Å². The number of hydrogen-bond donors (Lipinski definition) is 1. The number of thioether (sulfide) groups is 1. The molecule has 0 aliphatic heterocycles. The van der Waals surface area contributed by atoms with Crippen LogP contribution >= 0.6 is 23.1 Å². The van der Waals surface area contributed by atoms with Crippen molar-refractivity contribution in [3.63, 3.8) is 0 Å². The molecule has 0 fully saturated rings. The van der Waals surface area contributed by atoms with Crippen molar-refractivity contribution in [1.82, 2.24) is 19.7 Å². The number of carbonyl (C=O) groups is 1. The van der Waals surface area contributed by atoms with Gasteiger partial charge in [-0.25, -0.2) is 4.98 Å². The Hall–Kier alpha value is -3.17. The lowest BCUT2D eigenvalue weighted by molar-refractivity contribution is -0.115. The van der Waals surface area contributed by atoms with Crippen LogP contribution in [0.15, 0.2) is 65.4 Å². The average molecular weight is 452 g/mol. The molecule has 0 saturated heterocycles. The summed E-state index contributed by atoms with van der Waals surface area (Å²) < 4.78 is 7.34. The highest BCUT2D eigenvalue weighted by atomic mass is 32.2. The maximum absolute atomic E-state index is 12.3. The van der Waals surface area contributed by atoms with Crippen molar-refractivity contribution in [2.75, 3.05) is 12.4 Å². The van der Waals surface area contributed by atoms with Gasteiger partial charge in [0.05, 0.1) is 24.9 Å². The number of nitrogens with zero attached hydrogens (tertiary/aromatic N) is 4. The van der Waals surface area contributed by atoms with E-state index in [1.807, 2.05) is 65.4 Å². The van der Waals surface area contributed by atoms with Crippen LogP contribution in [0.25, 0.3) is 5.69 Å². The van der Waals surface area contributed by atoms with Crippen molar-refractivity contribution in [1.29, 1.82) is 0 Å². The van der Waals surface area contributed by atoms with Gasteiger partial charge in [0.2, 0.25) is 5.91 Å². The number of ether oxygens (including phenoxy) is 1. The van der Waals surface area contributed by atoms with E-state index in [2.05, 4.69) is 20.5 Å². The summed E-state index contributed by atoms with van der Waals surface area (Å²) in [5.74, 6) is 1.30. The van der Waals surface area contributed by atoms with E-state index >= 15 is 0 Å². The highest BCUT2D eigenvalue weighted by Gasteiger charge is 2.13. The number of aryl methyl sites for hydroxylation is 1. The lowest BCUT2D eigenvalue weighted by atomic mass is 10.2. The maximum atomic E-state index is 12.3. The van der Waals surface area contributed by atoms with Crippen LogP contribution in [-0.4, -0.2) is 32.8 Å². The van der Waals surface area contributed by atoms with Gasteiger partial charge in [0, 0.05) is 16.8 Å². The molecule has 1 amide bonds. The Labute approximate surface area is 188 Å². The third-order valence-corrected chi connectivity index (χ3v) is 6.33. The van der Waals surface area contributed by atoms with Crippen molar-refractivity contribution < 1.29 is 9.53 Å². The molecule has 2 heterocycles. The normalized spacial score (nSPS) is 10.8. The van der Waals surface area contributed by atoms with Crippen LogP contribution in [0.2, 0.25) is 0 Å². The SMILES string of the molecule is COc1ccccc1-n1cnnc1SCc1csc(CC(=O)Nc2ccc(C)cc2)n1. The highest BCUT2D eigenvalue weighted by Crippen LogP contribution is 2.28. The summed E-state index contributed by atoms with van der Waals surface area (Å²) in [4.78, 5) is 16.9. The molecule has 0 bridgehead atoms. The molecule has 2 aromatic heterocycles. The Morgan fingerprint density at radius 1 is 1.19 bits per heavy atom. The number of carbonyl (C=O) groups excluding carboxylic acids is 1. The van der Waals surface area contributed by atoms with Crippen molar-refractivity contribution in [2.45, 2.75) is 24.3 Å². The van der Waals surface area contributed by atoms with Crippen LogP contribution in [0.1, 0.15) is 16.3 Å². The van der Waals surface area contributed by atoms with Crippen molar-refractivity contribution in [3.05, 3.63) is 76.5 Å². The Morgan fingerprint density at radius 2 is 2.00 bits per heavy atom. The minimum absolute atomic E-state index is 0.0756. The molecule has 4 aromatic rings. The molecule has 0 saturated carbocycles. The van der Waals surface area contributed by atoms with Crippen molar-refractivity contribution >= 4 is 34.7 Å². The molecular weight excluding hydrogens is 430 g/mol. The van der Waals surface area contributed by atoms with E-state index in [0.717, 1.165) is 38.5 Å². The quantitative estimate of drug-likeness (QED) is 0.397. The van der Waals surface area contributed by atoms with Gasteiger partial charge in [-0.2, -0.15) is 0 Å². The second-order valence-electron chi connectivity index (χ2n) is 6.77. The molecule has 7 nitrogen and oxygen atoms in total. The smallest absolute Gasteiger partial charge is 0.231 e. The summed E-state index contributed by atoms with van der Waals surface area (Å²) in [5, 5.41) is 14.7. The topological polar surface area (TPSA) is 81.9 Å². The summed E-state index contributed by atoms with van der Waals surface area (Å²) in [7, 11) is 1.64. The minimum Gasteiger partial charge on any atom is -0.495 e. The Kier molecular flexibility index (Phi) is 6.63. The molecule has 9 heteroatoms. The molecule has 0 aliphatic rings. The molecule has 158 valence electrons. The number of methoxy groups -OCH3 is 1. The van der Waals surface area contributed by atoms with Gasteiger partial charge in [-0.3, -0.25) is 9.36 Å². The molecule has 2 aromatic carbocycles. The van der Waals surface area contributed by atoms with E-state index in [9.17, 15) is 4.79 Å². The highest BCUT2D eigenvalue weighted by molar-refractivity contribution is 7.98. The van der Waals surface area contributed by atoms with Crippen LogP contribution in [0.3, 0.4) is 0 Å². The fourth-order valence-corrected chi connectivity index (χ4v) is 4.64. The third-order valence-electron chi connectivity index (χ3n) is 4.46. The second-order valence-corrected chi connectivity index (χ2v) is 8.65. The molecule has 0 radical (unpaired) electrons. The first kappa shape index (κ1) is 21.1. The van der Waals surface area contributed by atoms with Crippen LogP contribution in [0, 0.1) is 6.92 Å². The summed E-state index contributed by atoms with van der Waals surface area (Å²) in [6, 6.07) is 15.5. The number of anilines is 1. The van der Waals surface area contributed by atoms with Gasteiger partial charge in [0.15, 0.2) is 5.16 Å². The number of amides is 1. The Bertz CT molecular complexity index is 1170. The van der Waals surface area contributed by atoms with E-state index in [-0.39, 0.29) is 12.3 Å². The van der Waals surface area contributed by atoms with E-state index < -0.39 is 0 Å². The zero-order valence-corrected chi connectivity index (χ0v) is 18.7. The van der Waals surface area contributed by atoms with Gasteiger partial charge >= 0.3 is 0 Å². The summed E-state index contributed by atoms with van der Waals surface area (Å²) in [6.45, 7) is 2.01. The largest absolute Gasteiger partial charge is 0.495 e. The number of thiazole rings is 1. The lowest BCUT2D eigenvalue weighted by Crippen LogP contribution is -2.14. The van der Waals surface area contributed by atoms with E-state index in [4.69, 9.17) is 4.74 Å². The number of benzene rings is 2. The molecule has 1 N–H and O–H groups in total. The zero-order chi connectivity index (χ0) is 21.6. The maximum Gasteiger partial charge on any atom is 0.231 e. The van der Waals surface area contributed by atoms with E-state index in [1.54, 1.807) is 13.4 Å². The molecule has 31 heavy (non-hydrogen) atoms. The fourth-order valence-electron chi connectivity index (χ4n) is 2.93. The monoisotopic (exact) mass is 451 g/mol. The predicted molar refractivity (Wildman–Crippen MR) is 123 cm³/mol. The van der Waals surface area contributed by atoms with Crippen molar-refractivity contribution in [2.24, 2.45) is 0 Å². The minimum atomic E-state index is -0.0756. The number of para-hydroxylation sites is 2. The summed E-state index contributed by atoms with van der Waals surface area (Å²) in [6.07, 6.45) is 1.92. The van der Waals surface area contributed by atoms with Gasteiger partial charge in [0.25, 0.3) is 0 Å². The van der Waals surface area contributed by atoms with Crippen LogP contribution < -0.4 is 10.1 Å². The van der Waals surface area contributed by atoms with Crippen LogP contribution in [-0.2, 0) is 17.0 Å². The zero-order valence-electron chi connectivity index (χ0n) is 17.1. The number of rotatable bonds is 8. The van der Waals surface area contributed by atoms with Gasteiger partial charge in [-0.15, -0.1) is 21.5 Å². The first-order valence-electron chi connectivity index (χ1n) is 9.58. The second kappa shape index (κ2) is 9.76. The first-order valence-corrected chi connectivity index (χ1v) is 11.4. The Balaban J connectivity index is 1.36. The van der Waals surface area contributed by atoms with Crippen LogP contribution in [0.5, 0.6) is 5.75 Å². The fraction of sp³-hybridized carbons (Fsp3) is 0.182. The van der Waals surface area contributed by atoms with Crippen molar-refractivity contribution in [3.8, 4) is 11.4 Å². The molecular formula is C22H21N5O2S2. The first-order chi connectivity index (χ1) is 15.1.